The minimum absolute atomic E-state index is 0.228. The summed E-state index contributed by atoms with van der Waals surface area (Å²) >= 11 is 0. The highest BCUT2D eigenvalue weighted by Crippen LogP contribution is 2.50. The average molecular weight is 182 g/mol. The number of nitrogens with one attached hydrogen (secondary N) is 1. The highest BCUT2D eigenvalue weighted by Gasteiger charge is 2.58. The number of fused-ring (bicyclic) bond motifs is 5. The Hall–Kier alpha value is -0.770. The van der Waals surface area contributed by atoms with Gasteiger partial charge in [-0.25, -0.2) is 15.2 Å². The Kier molecular flexibility index (Phi) is 1.39. The van der Waals surface area contributed by atoms with Crippen molar-refractivity contribution in [2.75, 3.05) is 7.11 Å². The lowest BCUT2D eigenvalue weighted by molar-refractivity contribution is -0.0455. The van der Waals surface area contributed by atoms with Gasteiger partial charge in [-0.05, 0) is 31.1 Å². The Balaban J connectivity index is 1.75. The van der Waals surface area contributed by atoms with E-state index in [0.717, 1.165) is 11.8 Å². The first-order valence-corrected chi connectivity index (χ1v) is 4.94. The highest BCUT2D eigenvalue weighted by molar-refractivity contribution is 5.68. The maximum atomic E-state index is 11.3. The van der Waals surface area contributed by atoms with Crippen molar-refractivity contribution in [3.63, 3.8) is 0 Å². The van der Waals surface area contributed by atoms with Crippen molar-refractivity contribution in [1.29, 1.82) is 0 Å². The van der Waals surface area contributed by atoms with Crippen LogP contribution < -0.4 is 5.43 Å². The van der Waals surface area contributed by atoms with Crippen LogP contribution in [0.4, 0.5) is 4.79 Å². The largest absolute Gasteiger partial charge is 0.452 e. The van der Waals surface area contributed by atoms with E-state index in [-0.39, 0.29) is 6.09 Å². The number of methoxy groups -OCH3 is 1. The van der Waals surface area contributed by atoms with Gasteiger partial charge in [-0.15, -0.1) is 0 Å². The third-order valence-corrected chi connectivity index (χ3v) is 3.83. The van der Waals surface area contributed by atoms with Crippen molar-refractivity contribution in [3.8, 4) is 0 Å². The molecule has 13 heavy (non-hydrogen) atoms. The molecular formula is C9H14N2O2. The topological polar surface area (TPSA) is 41.6 Å². The second-order valence-electron chi connectivity index (χ2n) is 4.32. The first kappa shape index (κ1) is 7.62. The summed E-state index contributed by atoms with van der Waals surface area (Å²) in [5.41, 5.74) is 3.18. The van der Waals surface area contributed by atoms with Crippen LogP contribution in [-0.4, -0.2) is 30.3 Å². The molecular weight excluding hydrogens is 168 g/mol. The van der Waals surface area contributed by atoms with E-state index in [2.05, 4.69) is 5.43 Å². The molecule has 2 aliphatic carbocycles. The van der Waals surface area contributed by atoms with Crippen molar-refractivity contribution < 1.29 is 9.53 Å². The molecule has 4 nitrogen and oxygen atoms in total. The van der Waals surface area contributed by atoms with Gasteiger partial charge in [0.25, 0.3) is 0 Å². The fourth-order valence-corrected chi connectivity index (χ4v) is 3.25. The molecule has 0 spiro atoms. The fourth-order valence-electron chi connectivity index (χ4n) is 3.25. The van der Waals surface area contributed by atoms with Crippen LogP contribution in [0.5, 0.6) is 0 Å². The van der Waals surface area contributed by atoms with Crippen molar-refractivity contribution in [2.24, 2.45) is 11.8 Å². The standard InChI is InChI=1S/C9H14N2O2/c1-13-9(12)11-8-6-3-2-5(4-6)7(8)10-11/h5-8,10H,2-4H2,1H3/t5-,6-,7+,8+/m0/s1. The molecule has 3 fully saturated rings. The van der Waals surface area contributed by atoms with E-state index >= 15 is 0 Å². The molecule has 3 rings (SSSR count). The van der Waals surface area contributed by atoms with Crippen LogP contribution in [0.1, 0.15) is 19.3 Å². The Labute approximate surface area is 77.2 Å². The van der Waals surface area contributed by atoms with E-state index in [1.165, 1.54) is 26.4 Å². The van der Waals surface area contributed by atoms with Crippen molar-refractivity contribution >= 4 is 6.09 Å². The molecule has 1 N–H and O–H groups in total. The molecule has 1 aliphatic heterocycles. The maximum Gasteiger partial charge on any atom is 0.424 e. The van der Waals surface area contributed by atoms with E-state index in [1.807, 2.05) is 0 Å². The number of rotatable bonds is 0. The van der Waals surface area contributed by atoms with Crippen LogP contribution in [0.2, 0.25) is 0 Å². The highest BCUT2D eigenvalue weighted by atomic mass is 16.5. The van der Waals surface area contributed by atoms with Gasteiger partial charge >= 0.3 is 6.09 Å². The van der Waals surface area contributed by atoms with E-state index in [0.29, 0.717) is 12.1 Å². The van der Waals surface area contributed by atoms with Gasteiger partial charge < -0.3 is 4.74 Å². The number of carbonyl (C=O) groups is 1. The summed E-state index contributed by atoms with van der Waals surface area (Å²) in [5, 5.41) is 1.68. The van der Waals surface area contributed by atoms with Gasteiger partial charge in [0.1, 0.15) is 0 Å². The van der Waals surface area contributed by atoms with Gasteiger partial charge in [0, 0.05) is 0 Å². The Bertz CT molecular complexity index is 254. The Morgan fingerprint density at radius 2 is 2.23 bits per heavy atom. The number of hydrogen-bond donors (Lipinski definition) is 1. The molecule has 0 aromatic rings. The van der Waals surface area contributed by atoms with Gasteiger partial charge in [0.15, 0.2) is 0 Å². The first-order chi connectivity index (χ1) is 6.31. The monoisotopic (exact) mass is 182 g/mol. The van der Waals surface area contributed by atoms with Gasteiger partial charge in [0.05, 0.1) is 19.2 Å². The van der Waals surface area contributed by atoms with Crippen molar-refractivity contribution in [3.05, 3.63) is 0 Å². The van der Waals surface area contributed by atoms with Crippen LogP contribution in [-0.2, 0) is 4.74 Å². The molecule has 0 aromatic carbocycles. The summed E-state index contributed by atoms with van der Waals surface area (Å²) in [4.78, 5) is 11.3. The number of amides is 1. The molecule has 72 valence electrons. The summed E-state index contributed by atoms with van der Waals surface area (Å²) in [5.74, 6) is 1.55. The molecule has 0 radical (unpaired) electrons. The number of ether oxygens (including phenoxy) is 1. The molecule has 1 saturated heterocycles. The zero-order chi connectivity index (χ0) is 9.00. The molecule has 0 unspecified atom stereocenters. The SMILES string of the molecule is COC(=O)N1N[C@@H]2[C@H]3CC[C@@H](C3)[C@H]21. The molecule has 4 atom stereocenters. The first-order valence-electron chi connectivity index (χ1n) is 4.94. The molecule has 1 heterocycles. The molecule has 1 amide bonds. The fraction of sp³-hybridized carbons (Fsp3) is 0.889. The van der Waals surface area contributed by atoms with Crippen LogP contribution >= 0.6 is 0 Å². The van der Waals surface area contributed by atoms with Gasteiger partial charge in [-0.1, -0.05) is 0 Å². The van der Waals surface area contributed by atoms with Gasteiger partial charge in [0.2, 0.25) is 0 Å². The van der Waals surface area contributed by atoms with E-state index in [4.69, 9.17) is 4.74 Å². The number of nitrogens with zero attached hydrogens (tertiary/aromatic N) is 1. The summed E-state index contributed by atoms with van der Waals surface area (Å²) in [6.45, 7) is 0. The third-order valence-electron chi connectivity index (χ3n) is 3.83. The smallest absolute Gasteiger partial charge is 0.424 e. The lowest BCUT2D eigenvalue weighted by Crippen LogP contribution is -2.72. The normalized spacial score (nSPS) is 45.8. The van der Waals surface area contributed by atoms with E-state index in [1.54, 1.807) is 5.01 Å². The molecule has 4 heteroatoms. The molecule has 3 aliphatic rings. The quantitative estimate of drug-likeness (QED) is 0.600. The number of hydrazine groups is 1. The second-order valence-corrected chi connectivity index (χ2v) is 4.32. The lowest BCUT2D eigenvalue weighted by Gasteiger charge is -2.49. The number of hydrogen-bond acceptors (Lipinski definition) is 3. The van der Waals surface area contributed by atoms with Crippen LogP contribution in [0.15, 0.2) is 0 Å². The lowest BCUT2D eigenvalue weighted by atomic mass is 9.87. The van der Waals surface area contributed by atoms with Crippen molar-refractivity contribution in [2.45, 2.75) is 31.3 Å². The maximum absolute atomic E-state index is 11.3. The van der Waals surface area contributed by atoms with Gasteiger partial charge in [-0.2, -0.15) is 0 Å². The average Bonchev–Trinajstić information content (AvgIpc) is 2.59. The minimum Gasteiger partial charge on any atom is -0.452 e. The second kappa shape index (κ2) is 2.38. The van der Waals surface area contributed by atoms with Gasteiger partial charge in [-0.3, -0.25) is 0 Å². The summed E-state index contributed by atoms with van der Waals surface area (Å²) in [7, 11) is 1.44. The van der Waals surface area contributed by atoms with Crippen LogP contribution in [0, 0.1) is 11.8 Å². The summed E-state index contributed by atoms with van der Waals surface area (Å²) in [6, 6.07) is 1.00. The molecule has 2 bridgehead atoms. The van der Waals surface area contributed by atoms with Crippen molar-refractivity contribution in [1.82, 2.24) is 10.4 Å². The van der Waals surface area contributed by atoms with E-state index < -0.39 is 0 Å². The zero-order valence-corrected chi connectivity index (χ0v) is 7.69. The molecule has 2 saturated carbocycles. The predicted octanol–water partition coefficient (Wildman–Crippen LogP) is 0.740. The summed E-state index contributed by atoms with van der Waals surface area (Å²) in [6.07, 6.45) is 3.71. The predicted molar refractivity (Wildman–Crippen MR) is 45.8 cm³/mol. The minimum atomic E-state index is -0.228. The molecule has 0 aromatic heterocycles. The van der Waals surface area contributed by atoms with Crippen LogP contribution in [0.25, 0.3) is 0 Å². The number of carbonyl (C=O) groups excluding carboxylic acids is 1. The third kappa shape index (κ3) is 0.817. The zero-order valence-electron chi connectivity index (χ0n) is 7.69. The Morgan fingerprint density at radius 3 is 2.92 bits per heavy atom. The van der Waals surface area contributed by atoms with Crippen LogP contribution in [0.3, 0.4) is 0 Å². The Morgan fingerprint density at radius 1 is 1.46 bits per heavy atom. The summed E-state index contributed by atoms with van der Waals surface area (Å²) < 4.78 is 4.69. The van der Waals surface area contributed by atoms with E-state index in [9.17, 15) is 4.79 Å².